The number of halogens is 3. The van der Waals surface area contributed by atoms with E-state index in [1.54, 1.807) is 0 Å². The van der Waals surface area contributed by atoms with Crippen molar-refractivity contribution < 1.29 is 9.18 Å². The Labute approximate surface area is 80.5 Å². The highest BCUT2D eigenvalue weighted by atomic mass is 35.5. The van der Waals surface area contributed by atoms with Gasteiger partial charge < -0.3 is 0 Å². The lowest BCUT2D eigenvalue weighted by Gasteiger charge is -1.95. The molecule has 0 amide bonds. The monoisotopic (exact) mass is 210 g/mol. The van der Waals surface area contributed by atoms with Gasteiger partial charge in [0.15, 0.2) is 5.29 Å². The van der Waals surface area contributed by atoms with Crippen molar-refractivity contribution in [2.75, 3.05) is 0 Å². The normalized spacial score (nSPS) is 33.2. The highest BCUT2D eigenvalue weighted by Crippen LogP contribution is 2.60. The Kier molecular flexibility index (Phi) is 2.50. The minimum absolute atomic E-state index is 0.153. The van der Waals surface area contributed by atoms with Gasteiger partial charge in [0.1, 0.15) is 0 Å². The Bertz CT molecular complexity index is 243. The first-order valence-electron chi connectivity index (χ1n) is 3.59. The third-order valence-corrected chi connectivity index (χ3v) is 2.82. The van der Waals surface area contributed by atoms with Crippen molar-refractivity contribution in [1.29, 1.82) is 0 Å². The summed E-state index contributed by atoms with van der Waals surface area (Å²) >= 11 is 10.4. The standard InChI is InChI=1S/C8H9Cl2FO/c1-8(2)4(3-5(9)11)6(8)7(10)12/h3-4,6H,1-2H3/t4-,6+/m1/s1. The lowest BCUT2D eigenvalue weighted by Crippen LogP contribution is -1.96. The Hall–Kier alpha value is -0.0800. The van der Waals surface area contributed by atoms with E-state index in [2.05, 4.69) is 0 Å². The molecular weight excluding hydrogens is 202 g/mol. The quantitative estimate of drug-likeness (QED) is 0.641. The van der Waals surface area contributed by atoms with Gasteiger partial charge in [-0.25, -0.2) is 0 Å². The largest absolute Gasteiger partial charge is 0.281 e. The molecule has 4 heteroatoms. The summed E-state index contributed by atoms with van der Waals surface area (Å²) in [6.45, 7) is 3.72. The second-order valence-electron chi connectivity index (χ2n) is 3.59. The minimum atomic E-state index is -0.770. The molecule has 1 nitrogen and oxygen atoms in total. The molecule has 0 bridgehead atoms. The van der Waals surface area contributed by atoms with Crippen LogP contribution < -0.4 is 0 Å². The van der Waals surface area contributed by atoms with Gasteiger partial charge in [-0.05, 0) is 29.0 Å². The van der Waals surface area contributed by atoms with E-state index >= 15 is 0 Å². The van der Waals surface area contributed by atoms with E-state index in [0.29, 0.717) is 0 Å². The average Bonchev–Trinajstić information content (AvgIpc) is 2.32. The van der Waals surface area contributed by atoms with Crippen molar-refractivity contribution in [3.05, 3.63) is 11.4 Å². The number of carbonyl (C=O) groups is 1. The third-order valence-electron chi connectivity index (χ3n) is 2.46. The minimum Gasteiger partial charge on any atom is -0.281 e. The van der Waals surface area contributed by atoms with Gasteiger partial charge in [0.25, 0.3) is 0 Å². The number of hydrogen-bond donors (Lipinski definition) is 0. The molecule has 0 saturated heterocycles. The predicted octanol–water partition coefficient (Wildman–Crippen LogP) is 3.07. The van der Waals surface area contributed by atoms with Crippen LogP contribution in [0.2, 0.25) is 0 Å². The zero-order valence-corrected chi connectivity index (χ0v) is 8.29. The lowest BCUT2D eigenvalue weighted by atomic mass is 10.1. The highest BCUT2D eigenvalue weighted by molar-refractivity contribution is 6.64. The van der Waals surface area contributed by atoms with E-state index in [9.17, 15) is 9.18 Å². The first kappa shape index (κ1) is 10.0. The van der Waals surface area contributed by atoms with Crippen LogP contribution in [0.4, 0.5) is 4.39 Å². The molecule has 0 heterocycles. The van der Waals surface area contributed by atoms with Crippen LogP contribution in [0.3, 0.4) is 0 Å². The topological polar surface area (TPSA) is 17.1 Å². The molecule has 0 N–H and O–H groups in total. The van der Waals surface area contributed by atoms with E-state index < -0.39 is 10.5 Å². The maximum atomic E-state index is 12.2. The van der Waals surface area contributed by atoms with Crippen LogP contribution >= 0.6 is 23.2 Å². The fraction of sp³-hybridized carbons (Fsp3) is 0.625. The molecule has 1 aliphatic rings. The average molecular weight is 211 g/mol. The second kappa shape index (κ2) is 3.00. The number of allylic oxidation sites excluding steroid dienone is 1. The molecule has 2 atom stereocenters. The lowest BCUT2D eigenvalue weighted by molar-refractivity contribution is -0.113. The molecule has 1 rings (SSSR count). The van der Waals surface area contributed by atoms with Crippen LogP contribution in [0.5, 0.6) is 0 Å². The number of hydrogen-bond acceptors (Lipinski definition) is 1. The zero-order valence-electron chi connectivity index (χ0n) is 6.77. The van der Waals surface area contributed by atoms with Gasteiger partial charge in [-0.3, -0.25) is 4.79 Å². The van der Waals surface area contributed by atoms with Crippen LogP contribution in [0.15, 0.2) is 11.4 Å². The van der Waals surface area contributed by atoms with Crippen LogP contribution in [0, 0.1) is 17.3 Å². The summed E-state index contributed by atoms with van der Waals surface area (Å²) in [5.74, 6) is -0.441. The van der Waals surface area contributed by atoms with Gasteiger partial charge in [-0.2, -0.15) is 4.39 Å². The fourth-order valence-corrected chi connectivity index (χ4v) is 2.11. The molecule has 1 fully saturated rings. The van der Waals surface area contributed by atoms with Crippen LogP contribution in [0.1, 0.15) is 13.8 Å². The molecule has 0 radical (unpaired) electrons. The van der Waals surface area contributed by atoms with E-state index in [1.165, 1.54) is 6.08 Å². The Morgan fingerprint density at radius 3 is 2.25 bits per heavy atom. The van der Waals surface area contributed by atoms with E-state index in [4.69, 9.17) is 23.2 Å². The molecule has 1 saturated carbocycles. The van der Waals surface area contributed by atoms with Gasteiger partial charge in [0.05, 0.1) is 0 Å². The predicted molar refractivity (Wildman–Crippen MR) is 46.7 cm³/mol. The summed E-state index contributed by atoms with van der Waals surface area (Å²) in [7, 11) is 0. The van der Waals surface area contributed by atoms with Crippen LogP contribution in [-0.4, -0.2) is 5.24 Å². The molecule has 12 heavy (non-hydrogen) atoms. The van der Waals surface area contributed by atoms with Crippen molar-refractivity contribution in [2.24, 2.45) is 17.3 Å². The highest BCUT2D eigenvalue weighted by Gasteiger charge is 2.60. The van der Waals surface area contributed by atoms with E-state index in [1.807, 2.05) is 13.8 Å². The van der Waals surface area contributed by atoms with Crippen molar-refractivity contribution in [3.8, 4) is 0 Å². The Morgan fingerprint density at radius 2 is 2.00 bits per heavy atom. The molecule has 0 spiro atoms. The molecule has 0 aliphatic heterocycles. The molecule has 0 aromatic rings. The van der Waals surface area contributed by atoms with Crippen molar-refractivity contribution in [2.45, 2.75) is 13.8 Å². The number of rotatable bonds is 2. The summed E-state index contributed by atoms with van der Waals surface area (Å²) in [5, 5.41) is -1.19. The summed E-state index contributed by atoms with van der Waals surface area (Å²) in [5.41, 5.74) is -0.245. The van der Waals surface area contributed by atoms with Crippen molar-refractivity contribution in [3.63, 3.8) is 0 Å². The molecule has 68 valence electrons. The van der Waals surface area contributed by atoms with Gasteiger partial charge in [-0.1, -0.05) is 25.4 Å². The van der Waals surface area contributed by atoms with E-state index in [-0.39, 0.29) is 17.3 Å². The van der Waals surface area contributed by atoms with Crippen molar-refractivity contribution >= 4 is 28.4 Å². The van der Waals surface area contributed by atoms with Gasteiger partial charge >= 0.3 is 0 Å². The van der Waals surface area contributed by atoms with Crippen molar-refractivity contribution in [1.82, 2.24) is 0 Å². The zero-order chi connectivity index (χ0) is 9.52. The maximum absolute atomic E-state index is 12.2. The Balaban J connectivity index is 2.73. The molecule has 1 aliphatic carbocycles. The maximum Gasteiger partial charge on any atom is 0.225 e. The molecule has 0 aromatic heterocycles. The van der Waals surface area contributed by atoms with Gasteiger partial charge in [0, 0.05) is 5.92 Å². The van der Waals surface area contributed by atoms with Gasteiger partial charge in [0.2, 0.25) is 5.24 Å². The second-order valence-corrected chi connectivity index (χ2v) is 4.32. The van der Waals surface area contributed by atoms with Crippen LogP contribution in [-0.2, 0) is 4.79 Å². The molecule has 0 aromatic carbocycles. The summed E-state index contributed by atoms with van der Waals surface area (Å²) in [6.07, 6.45) is 1.24. The fourth-order valence-electron chi connectivity index (χ4n) is 1.56. The first-order chi connectivity index (χ1) is 5.37. The van der Waals surface area contributed by atoms with Gasteiger partial charge in [-0.15, -0.1) is 0 Å². The van der Waals surface area contributed by atoms with E-state index in [0.717, 1.165) is 0 Å². The molecular formula is C8H9Cl2FO. The summed E-state index contributed by atoms with van der Waals surface area (Å²) in [4.78, 5) is 10.8. The first-order valence-corrected chi connectivity index (χ1v) is 4.35. The summed E-state index contributed by atoms with van der Waals surface area (Å²) in [6, 6.07) is 0. The third kappa shape index (κ3) is 1.64. The SMILES string of the molecule is CC1(C)[C@H](C=C(F)Cl)[C@H]1C(=O)Cl. The Morgan fingerprint density at radius 1 is 1.50 bits per heavy atom. The molecule has 0 unspecified atom stereocenters. The smallest absolute Gasteiger partial charge is 0.225 e. The summed E-state index contributed by atoms with van der Waals surface area (Å²) < 4.78 is 12.2. The number of carbonyl (C=O) groups excluding carboxylic acids is 1. The van der Waals surface area contributed by atoms with Crippen LogP contribution in [0.25, 0.3) is 0 Å².